The van der Waals surface area contributed by atoms with Crippen molar-refractivity contribution in [1.29, 1.82) is 0 Å². The highest BCUT2D eigenvalue weighted by Gasteiger charge is 2.06. The van der Waals surface area contributed by atoms with Gasteiger partial charge in [0.05, 0.1) is 14.2 Å². The highest BCUT2D eigenvalue weighted by molar-refractivity contribution is 5.71. The van der Waals surface area contributed by atoms with Crippen molar-refractivity contribution in [1.82, 2.24) is 0 Å². The van der Waals surface area contributed by atoms with Crippen molar-refractivity contribution in [2.75, 3.05) is 20.8 Å². The molecule has 1 rings (SSSR count). The van der Waals surface area contributed by atoms with E-state index in [0.29, 0.717) is 6.54 Å². The average molecular weight is 193 g/mol. The number of benzene rings is 1. The van der Waals surface area contributed by atoms with Crippen molar-refractivity contribution in [2.24, 2.45) is 5.73 Å². The van der Waals surface area contributed by atoms with Gasteiger partial charge in [0, 0.05) is 12.1 Å². The summed E-state index contributed by atoms with van der Waals surface area (Å²) >= 11 is 0. The van der Waals surface area contributed by atoms with Crippen LogP contribution in [0.1, 0.15) is 5.56 Å². The first-order chi connectivity index (χ1) is 6.72. The third-order valence-electron chi connectivity index (χ3n) is 2.03. The Kier molecular flexibility index (Phi) is 3.54. The van der Waals surface area contributed by atoms with Gasteiger partial charge in [-0.15, -0.1) is 0 Å². The van der Waals surface area contributed by atoms with E-state index in [1.807, 2.05) is 18.2 Å². The van der Waals surface area contributed by atoms with Crippen LogP contribution in [0.4, 0.5) is 0 Å². The van der Waals surface area contributed by atoms with Gasteiger partial charge in [-0.3, -0.25) is 0 Å². The van der Waals surface area contributed by atoms with Crippen LogP contribution in [0.2, 0.25) is 0 Å². The van der Waals surface area contributed by atoms with E-state index in [1.54, 1.807) is 14.2 Å². The second-order valence-corrected chi connectivity index (χ2v) is 2.87. The SMILES string of the molecule is C=C(CN)c1cc(OC)ccc1OC. The number of hydrogen-bond donors (Lipinski definition) is 1. The fraction of sp³-hybridized carbons (Fsp3) is 0.273. The Labute approximate surface area is 84.1 Å². The maximum absolute atomic E-state index is 5.52. The van der Waals surface area contributed by atoms with Gasteiger partial charge in [0.1, 0.15) is 11.5 Å². The Morgan fingerprint density at radius 3 is 2.57 bits per heavy atom. The van der Waals surface area contributed by atoms with Crippen molar-refractivity contribution in [2.45, 2.75) is 0 Å². The summed E-state index contributed by atoms with van der Waals surface area (Å²) in [6.07, 6.45) is 0. The van der Waals surface area contributed by atoms with Crippen LogP contribution in [0.3, 0.4) is 0 Å². The van der Waals surface area contributed by atoms with Crippen LogP contribution in [-0.4, -0.2) is 20.8 Å². The number of rotatable bonds is 4. The van der Waals surface area contributed by atoms with Crippen molar-refractivity contribution in [3.8, 4) is 11.5 Å². The summed E-state index contributed by atoms with van der Waals surface area (Å²) in [5, 5.41) is 0. The molecule has 0 unspecified atom stereocenters. The molecule has 0 spiro atoms. The summed E-state index contributed by atoms with van der Waals surface area (Å²) in [5.41, 5.74) is 7.25. The summed E-state index contributed by atoms with van der Waals surface area (Å²) in [6, 6.07) is 5.55. The summed E-state index contributed by atoms with van der Waals surface area (Å²) in [5.74, 6) is 1.54. The normalized spacial score (nSPS) is 9.64. The number of hydrogen-bond acceptors (Lipinski definition) is 3. The summed E-state index contributed by atoms with van der Waals surface area (Å²) < 4.78 is 10.3. The molecule has 0 saturated carbocycles. The van der Waals surface area contributed by atoms with Crippen LogP contribution in [-0.2, 0) is 0 Å². The van der Waals surface area contributed by atoms with Gasteiger partial charge in [0.15, 0.2) is 0 Å². The van der Waals surface area contributed by atoms with Gasteiger partial charge in [-0.25, -0.2) is 0 Å². The van der Waals surface area contributed by atoms with Crippen LogP contribution >= 0.6 is 0 Å². The summed E-state index contributed by atoms with van der Waals surface area (Å²) in [6.45, 7) is 4.27. The molecule has 76 valence electrons. The molecule has 0 radical (unpaired) electrons. The topological polar surface area (TPSA) is 44.5 Å². The maximum atomic E-state index is 5.52. The smallest absolute Gasteiger partial charge is 0.126 e. The first-order valence-electron chi connectivity index (χ1n) is 4.33. The van der Waals surface area contributed by atoms with Crippen LogP contribution < -0.4 is 15.2 Å². The Bertz CT molecular complexity index is 334. The fourth-order valence-electron chi connectivity index (χ4n) is 1.20. The monoisotopic (exact) mass is 193 g/mol. The van der Waals surface area contributed by atoms with Crippen LogP contribution in [0.25, 0.3) is 5.57 Å². The molecule has 0 amide bonds. The van der Waals surface area contributed by atoms with Gasteiger partial charge in [0.2, 0.25) is 0 Å². The molecule has 2 N–H and O–H groups in total. The second kappa shape index (κ2) is 4.67. The average Bonchev–Trinajstić information content (AvgIpc) is 2.27. The third-order valence-corrected chi connectivity index (χ3v) is 2.03. The Balaban J connectivity index is 3.14. The maximum Gasteiger partial charge on any atom is 0.126 e. The van der Waals surface area contributed by atoms with E-state index in [9.17, 15) is 0 Å². The summed E-state index contributed by atoms with van der Waals surface area (Å²) in [7, 11) is 3.24. The highest BCUT2D eigenvalue weighted by Crippen LogP contribution is 2.28. The lowest BCUT2D eigenvalue weighted by Gasteiger charge is -2.11. The van der Waals surface area contributed by atoms with Gasteiger partial charge in [-0.1, -0.05) is 6.58 Å². The molecule has 3 heteroatoms. The molecule has 0 bridgehead atoms. The number of nitrogens with two attached hydrogens (primary N) is 1. The molecule has 3 nitrogen and oxygen atoms in total. The summed E-state index contributed by atoms with van der Waals surface area (Å²) in [4.78, 5) is 0. The molecule has 0 heterocycles. The van der Waals surface area contributed by atoms with Crippen molar-refractivity contribution >= 4 is 5.57 Å². The predicted octanol–water partition coefficient (Wildman–Crippen LogP) is 1.68. The molecule has 0 aliphatic carbocycles. The van der Waals surface area contributed by atoms with Crippen LogP contribution in [0, 0.1) is 0 Å². The van der Waals surface area contributed by atoms with Gasteiger partial charge in [0.25, 0.3) is 0 Å². The fourth-order valence-corrected chi connectivity index (χ4v) is 1.20. The van der Waals surface area contributed by atoms with E-state index in [4.69, 9.17) is 15.2 Å². The third kappa shape index (κ3) is 2.06. The van der Waals surface area contributed by atoms with E-state index in [0.717, 1.165) is 22.6 Å². The molecule has 0 aliphatic heterocycles. The molecular weight excluding hydrogens is 178 g/mol. The molecule has 0 atom stereocenters. The van der Waals surface area contributed by atoms with E-state index in [-0.39, 0.29) is 0 Å². The van der Waals surface area contributed by atoms with E-state index < -0.39 is 0 Å². The van der Waals surface area contributed by atoms with Gasteiger partial charge in [-0.05, 0) is 23.8 Å². The molecule has 0 aliphatic rings. The van der Waals surface area contributed by atoms with Crippen molar-refractivity contribution < 1.29 is 9.47 Å². The lowest BCUT2D eigenvalue weighted by atomic mass is 10.1. The standard InChI is InChI=1S/C11H15NO2/c1-8(7-12)10-6-9(13-2)4-5-11(10)14-3/h4-6H,1,7,12H2,2-3H3. The zero-order chi connectivity index (χ0) is 10.6. The zero-order valence-electron chi connectivity index (χ0n) is 8.54. The highest BCUT2D eigenvalue weighted by atomic mass is 16.5. The van der Waals surface area contributed by atoms with E-state index in [1.165, 1.54) is 0 Å². The minimum Gasteiger partial charge on any atom is -0.497 e. The van der Waals surface area contributed by atoms with Crippen molar-refractivity contribution in [3.05, 3.63) is 30.3 Å². The van der Waals surface area contributed by atoms with E-state index in [2.05, 4.69) is 6.58 Å². The molecule has 0 saturated heterocycles. The quantitative estimate of drug-likeness (QED) is 0.791. The Morgan fingerprint density at radius 2 is 2.07 bits per heavy atom. The second-order valence-electron chi connectivity index (χ2n) is 2.87. The molecule has 1 aromatic rings. The number of ether oxygens (including phenoxy) is 2. The first kappa shape index (κ1) is 10.6. The Morgan fingerprint density at radius 1 is 1.36 bits per heavy atom. The van der Waals surface area contributed by atoms with Gasteiger partial charge < -0.3 is 15.2 Å². The Hall–Kier alpha value is -1.48. The molecule has 0 aromatic heterocycles. The lowest BCUT2D eigenvalue weighted by molar-refractivity contribution is 0.402. The first-order valence-corrected chi connectivity index (χ1v) is 4.33. The molecule has 14 heavy (non-hydrogen) atoms. The molecule has 0 fully saturated rings. The molecule has 1 aromatic carbocycles. The van der Waals surface area contributed by atoms with Crippen LogP contribution in [0.15, 0.2) is 24.8 Å². The van der Waals surface area contributed by atoms with Crippen molar-refractivity contribution in [3.63, 3.8) is 0 Å². The number of methoxy groups -OCH3 is 2. The van der Waals surface area contributed by atoms with Gasteiger partial charge in [-0.2, -0.15) is 0 Å². The molecular formula is C11H15NO2. The zero-order valence-corrected chi connectivity index (χ0v) is 8.54. The van der Waals surface area contributed by atoms with Gasteiger partial charge >= 0.3 is 0 Å². The minimum absolute atomic E-state index is 0.406. The van der Waals surface area contributed by atoms with Crippen LogP contribution in [0.5, 0.6) is 11.5 Å². The predicted molar refractivity (Wildman–Crippen MR) is 57.6 cm³/mol. The lowest BCUT2D eigenvalue weighted by Crippen LogP contribution is -2.02. The minimum atomic E-state index is 0.406. The largest absolute Gasteiger partial charge is 0.497 e. The van der Waals surface area contributed by atoms with E-state index >= 15 is 0 Å².